The number of aromatic nitrogens is 2. The molecule has 5 heteroatoms. The van der Waals surface area contributed by atoms with Gasteiger partial charge in [0.2, 0.25) is 5.91 Å². The number of carbonyl (C=O) groups is 1. The van der Waals surface area contributed by atoms with Crippen molar-refractivity contribution in [3.63, 3.8) is 0 Å². The van der Waals surface area contributed by atoms with Crippen LogP contribution in [-0.2, 0) is 11.3 Å². The molecule has 1 aromatic heterocycles. The number of nitrogens with one attached hydrogen (secondary N) is 1. The fourth-order valence-electron chi connectivity index (χ4n) is 1.67. The van der Waals surface area contributed by atoms with Crippen LogP contribution in [0.1, 0.15) is 32.5 Å². The van der Waals surface area contributed by atoms with Crippen molar-refractivity contribution >= 4 is 5.91 Å². The zero-order chi connectivity index (χ0) is 12.1. The average Bonchev–Trinajstić information content (AvgIpc) is 2.65. The molecule has 0 aliphatic heterocycles. The third-order valence-corrected chi connectivity index (χ3v) is 2.44. The summed E-state index contributed by atoms with van der Waals surface area (Å²) in [5.41, 5.74) is 5.33. The van der Waals surface area contributed by atoms with Crippen LogP contribution < -0.4 is 11.1 Å². The molecule has 1 rings (SSSR count). The number of carbonyl (C=O) groups excluding carboxylic acids is 1. The van der Waals surface area contributed by atoms with Gasteiger partial charge in [-0.2, -0.15) is 0 Å². The van der Waals surface area contributed by atoms with Crippen molar-refractivity contribution in [2.24, 2.45) is 5.73 Å². The number of nitrogens with zero attached hydrogens (tertiary/aromatic N) is 2. The van der Waals surface area contributed by atoms with Crippen molar-refractivity contribution in [2.75, 3.05) is 6.54 Å². The number of rotatable bonds is 6. The highest BCUT2D eigenvalue weighted by Gasteiger charge is 2.16. The van der Waals surface area contributed by atoms with E-state index in [1.165, 1.54) is 0 Å². The lowest BCUT2D eigenvalue weighted by molar-refractivity contribution is -0.120. The molecule has 0 bridgehead atoms. The van der Waals surface area contributed by atoms with Gasteiger partial charge in [0.25, 0.3) is 0 Å². The number of hydrogen-bond acceptors (Lipinski definition) is 3. The molecular formula is C11H20N4O. The van der Waals surface area contributed by atoms with Crippen LogP contribution in [0.2, 0.25) is 0 Å². The summed E-state index contributed by atoms with van der Waals surface area (Å²) in [5, 5.41) is 3.06. The van der Waals surface area contributed by atoms with E-state index in [-0.39, 0.29) is 11.9 Å². The van der Waals surface area contributed by atoms with Gasteiger partial charge in [-0.05, 0) is 6.54 Å². The van der Waals surface area contributed by atoms with Crippen LogP contribution >= 0.6 is 0 Å². The third-order valence-electron chi connectivity index (χ3n) is 2.44. The first kappa shape index (κ1) is 12.7. The molecule has 0 saturated carbocycles. The second kappa shape index (κ2) is 5.65. The fraction of sp³-hybridized carbons (Fsp3) is 0.636. The Morgan fingerprint density at radius 3 is 2.81 bits per heavy atom. The molecule has 0 saturated heterocycles. The predicted octanol–water partition coefficient (Wildman–Crippen LogP) is 0.470. The maximum absolute atomic E-state index is 11.2. The molecule has 0 aliphatic carbocycles. The molecule has 1 unspecified atom stereocenters. The second-order valence-corrected chi connectivity index (χ2v) is 4.11. The Hall–Kier alpha value is -1.36. The first-order chi connectivity index (χ1) is 7.56. The minimum Gasteiger partial charge on any atom is -0.368 e. The Kier molecular flexibility index (Phi) is 4.49. The first-order valence-corrected chi connectivity index (χ1v) is 5.60. The topological polar surface area (TPSA) is 72.9 Å². The molecule has 0 fully saturated rings. The summed E-state index contributed by atoms with van der Waals surface area (Å²) in [6.45, 7) is 7.36. The predicted molar refractivity (Wildman–Crippen MR) is 63.0 cm³/mol. The van der Waals surface area contributed by atoms with Gasteiger partial charge in [-0.3, -0.25) is 4.79 Å². The third kappa shape index (κ3) is 3.06. The Bertz CT molecular complexity index is 346. The highest BCUT2D eigenvalue weighted by Crippen LogP contribution is 2.11. The summed E-state index contributed by atoms with van der Waals surface area (Å²) in [6.07, 6.45) is 3.63. The summed E-state index contributed by atoms with van der Waals surface area (Å²) < 4.78 is 1.97. The van der Waals surface area contributed by atoms with Gasteiger partial charge in [0, 0.05) is 24.9 Å². The van der Waals surface area contributed by atoms with Gasteiger partial charge in [-0.25, -0.2) is 4.98 Å². The van der Waals surface area contributed by atoms with Crippen molar-refractivity contribution in [1.29, 1.82) is 0 Å². The molecule has 3 N–H and O–H groups in total. The average molecular weight is 224 g/mol. The minimum atomic E-state index is -0.336. The van der Waals surface area contributed by atoms with Crippen molar-refractivity contribution in [1.82, 2.24) is 14.9 Å². The SMILES string of the molecule is CCNC(Cn1ccnc1C(C)C)C(N)=O. The van der Waals surface area contributed by atoms with Crippen LogP contribution in [0.4, 0.5) is 0 Å². The van der Waals surface area contributed by atoms with Gasteiger partial charge in [0.15, 0.2) is 0 Å². The lowest BCUT2D eigenvalue weighted by Crippen LogP contribution is -2.44. The molecule has 1 aromatic rings. The first-order valence-electron chi connectivity index (χ1n) is 5.60. The summed E-state index contributed by atoms with van der Waals surface area (Å²) in [4.78, 5) is 15.5. The molecule has 0 aliphatic rings. The van der Waals surface area contributed by atoms with Gasteiger partial charge in [0.05, 0.1) is 0 Å². The highest BCUT2D eigenvalue weighted by atomic mass is 16.1. The van der Waals surface area contributed by atoms with E-state index in [0.29, 0.717) is 12.5 Å². The lowest BCUT2D eigenvalue weighted by Gasteiger charge is -2.17. The quantitative estimate of drug-likeness (QED) is 0.737. The maximum atomic E-state index is 11.2. The number of primary amides is 1. The normalized spacial score (nSPS) is 13.0. The zero-order valence-electron chi connectivity index (χ0n) is 10.1. The van der Waals surface area contributed by atoms with E-state index in [1.807, 2.05) is 17.7 Å². The van der Waals surface area contributed by atoms with Gasteiger partial charge in [-0.15, -0.1) is 0 Å². The van der Waals surface area contributed by atoms with Crippen molar-refractivity contribution in [2.45, 2.75) is 39.3 Å². The summed E-state index contributed by atoms with van der Waals surface area (Å²) in [7, 11) is 0. The van der Waals surface area contributed by atoms with Gasteiger partial charge in [-0.1, -0.05) is 20.8 Å². The van der Waals surface area contributed by atoms with E-state index in [1.54, 1.807) is 6.20 Å². The Morgan fingerprint density at radius 2 is 2.31 bits per heavy atom. The molecule has 1 heterocycles. The van der Waals surface area contributed by atoms with E-state index in [0.717, 1.165) is 12.4 Å². The van der Waals surface area contributed by atoms with Gasteiger partial charge < -0.3 is 15.6 Å². The smallest absolute Gasteiger partial charge is 0.236 e. The number of hydrogen-bond donors (Lipinski definition) is 2. The van der Waals surface area contributed by atoms with Crippen molar-refractivity contribution in [3.8, 4) is 0 Å². The molecular weight excluding hydrogens is 204 g/mol. The monoisotopic (exact) mass is 224 g/mol. The largest absolute Gasteiger partial charge is 0.368 e. The summed E-state index contributed by atoms with van der Waals surface area (Å²) in [6, 6.07) is -0.336. The standard InChI is InChI=1S/C11H20N4O/c1-4-13-9(10(12)16)7-15-6-5-14-11(15)8(2)3/h5-6,8-9,13H,4,7H2,1-3H3,(H2,12,16). The highest BCUT2D eigenvalue weighted by molar-refractivity contribution is 5.79. The number of nitrogens with two attached hydrogens (primary N) is 1. The molecule has 0 spiro atoms. The number of imidazole rings is 1. The zero-order valence-corrected chi connectivity index (χ0v) is 10.1. The van der Waals surface area contributed by atoms with Crippen LogP contribution in [0.15, 0.2) is 12.4 Å². The molecule has 90 valence electrons. The van der Waals surface area contributed by atoms with Crippen LogP contribution in [-0.4, -0.2) is 28.0 Å². The van der Waals surface area contributed by atoms with E-state index < -0.39 is 0 Å². The summed E-state index contributed by atoms with van der Waals surface area (Å²) >= 11 is 0. The van der Waals surface area contributed by atoms with Crippen LogP contribution in [0.3, 0.4) is 0 Å². The van der Waals surface area contributed by atoms with Gasteiger partial charge in [0.1, 0.15) is 11.9 Å². The fourth-order valence-corrected chi connectivity index (χ4v) is 1.67. The van der Waals surface area contributed by atoms with Crippen molar-refractivity contribution < 1.29 is 4.79 Å². The number of amides is 1. The molecule has 1 atom stereocenters. The van der Waals surface area contributed by atoms with Crippen LogP contribution in [0.25, 0.3) is 0 Å². The van der Waals surface area contributed by atoms with Crippen LogP contribution in [0.5, 0.6) is 0 Å². The van der Waals surface area contributed by atoms with Crippen LogP contribution in [0, 0.1) is 0 Å². The molecule has 16 heavy (non-hydrogen) atoms. The molecule has 1 amide bonds. The molecule has 0 radical (unpaired) electrons. The summed E-state index contributed by atoms with van der Waals surface area (Å²) in [5.74, 6) is 0.986. The van der Waals surface area contributed by atoms with E-state index in [2.05, 4.69) is 24.1 Å². The van der Waals surface area contributed by atoms with Gasteiger partial charge >= 0.3 is 0 Å². The molecule has 5 nitrogen and oxygen atoms in total. The Morgan fingerprint density at radius 1 is 1.62 bits per heavy atom. The lowest BCUT2D eigenvalue weighted by atomic mass is 10.2. The molecule has 0 aromatic carbocycles. The maximum Gasteiger partial charge on any atom is 0.236 e. The van der Waals surface area contributed by atoms with E-state index in [4.69, 9.17) is 5.73 Å². The minimum absolute atomic E-state index is 0.328. The second-order valence-electron chi connectivity index (χ2n) is 4.11. The Labute approximate surface area is 96.0 Å². The van der Waals surface area contributed by atoms with E-state index >= 15 is 0 Å². The Balaban J connectivity index is 2.77. The van der Waals surface area contributed by atoms with E-state index in [9.17, 15) is 4.79 Å². The number of likely N-dealkylation sites (N-methyl/N-ethyl adjacent to an activating group) is 1. The van der Waals surface area contributed by atoms with Crippen molar-refractivity contribution in [3.05, 3.63) is 18.2 Å².